The van der Waals surface area contributed by atoms with Crippen LogP contribution in [0.3, 0.4) is 0 Å². The fourth-order valence-corrected chi connectivity index (χ4v) is 4.23. The van der Waals surface area contributed by atoms with Crippen molar-refractivity contribution in [2.75, 3.05) is 11.1 Å². The molecule has 2 N–H and O–H groups in total. The van der Waals surface area contributed by atoms with Crippen LogP contribution in [-0.2, 0) is 16.2 Å². The molecule has 1 aliphatic carbocycles. The number of carbonyl (C=O) groups excluding carboxylic acids is 1. The monoisotopic (exact) mass is 341 g/mol. The number of aromatic nitrogens is 1. The van der Waals surface area contributed by atoms with Crippen LogP contribution >= 0.6 is 0 Å². The van der Waals surface area contributed by atoms with Gasteiger partial charge in [-0.25, -0.2) is 4.79 Å². The molecule has 0 aliphatic heterocycles. The van der Waals surface area contributed by atoms with Crippen molar-refractivity contribution >= 4 is 22.6 Å². The lowest BCUT2D eigenvalue weighted by Crippen LogP contribution is -2.48. The van der Waals surface area contributed by atoms with Crippen LogP contribution < -0.4 is 10.6 Å². The number of anilines is 1. The Labute approximate surface area is 140 Å². The van der Waals surface area contributed by atoms with Gasteiger partial charge in [0.25, 0.3) is 0 Å². The Balaban J connectivity index is 1.95. The van der Waals surface area contributed by atoms with Crippen LogP contribution in [0.15, 0.2) is 10.6 Å². The molecule has 1 aromatic rings. The maximum atomic E-state index is 12.2. The van der Waals surface area contributed by atoms with Crippen LogP contribution in [0.5, 0.6) is 0 Å². The standard InChI is InChI=1S/C16H27N3O3S/c1-5-23(21)12-9-7-6-8-11(12)17-15(20)18-14-10-13(22-19-14)16(2,3)4/h10-12H,5-9H2,1-4H3,(H2,17,18,19,20)/t11-,12-,23+/m1/s1. The van der Waals surface area contributed by atoms with Gasteiger partial charge in [0.2, 0.25) is 0 Å². The number of amides is 2. The predicted molar refractivity (Wildman–Crippen MR) is 92.1 cm³/mol. The molecule has 0 bridgehead atoms. The van der Waals surface area contributed by atoms with E-state index in [-0.39, 0.29) is 22.7 Å². The molecular weight excluding hydrogens is 314 g/mol. The zero-order valence-corrected chi connectivity index (χ0v) is 15.2. The first-order valence-electron chi connectivity index (χ1n) is 8.23. The molecule has 2 rings (SSSR count). The topological polar surface area (TPSA) is 84.2 Å². The summed E-state index contributed by atoms with van der Waals surface area (Å²) in [5, 5.41) is 9.58. The van der Waals surface area contributed by atoms with E-state index in [1.54, 1.807) is 6.07 Å². The lowest BCUT2D eigenvalue weighted by Gasteiger charge is -2.31. The van der Waals surface area contributed by atoms with E-state index in [4.69, 9.17) is 4.52 Å². The van der Waals surface area contributed by atoms with E-state index in [9.17, 15) is 9.00 Å². The number of hydrogen-bond donors (Lipinski definition) is 2. The van der Waals surface area contributed by atoms with Gasteiger partial charge in [-0.2, -0.15) is 0 Å². The van der Waals surface area contributed by atoms with Gasteiger partial charge in [-0.05, 0) is 12.8 Å². The first-order chi connectivity index (χ1) is 10.8. The Morgan fingerprint density at radius 2 is 2.09 bits per heavy atom. The van der Waals surface area contributed by atoms with E-state index >= 15 is 0 Å². The van der Waals surface area contributed by atoms with E-state index < -0.39 is 10.8 Å². The summed E-state index contributed by atoms with van der Waals surface area (Å²) in [6.45, 7) is 7.98. The van der Waals surface area contributed by atoms with Crippen molar-refractivity contribution < 1.29 is 13.5 Å². The third-order valence-electron chi connectivity index (χ3n) is 4.13. The Morgan fingerprint density at radius 1 is 1.39 bits per heavy atom. The van der Waals surface area contributed by atoms with Crippen LogP contribution in [-0.4, -0.2) is 32.4 Å². The molecule has 23 heavy (non-hydrogen) atoms. The van der Waals surface area contributed by atoms with E-state index in [1.807, 2.05) is 27.7 Å². The van der Waals surface area contributed by atoms with Gasteiger partial charge in [-0.15, -0.1) is 0 Å². The largest absolute Gasteiger partial charge is 0.359 e. The fraction of sp³-hybridized carbons (Fsp3) is 0.750. The molecule has 1 aliphatic rings. The number of nitrogens with zero attached hydrogens (tertiary/aromatic N) is 1. The summed E-state index contributed by atoms with van der Waals surface area (Å²) in [4.78, 5) is 12.2. The Hall–Kier alpha value is -1.37. The highest BCUT2D eigenvalue weighted by molar-refractivity contribution is 7.85. The molecule has 130 valence electrons. The van der Waals surface area contributed by atoms with Crippen molar-refractivity contribution in [2.45, 2.75) is 70.1 Å². The summed E-state index contributed by atoms with van der Waals surface area (Å²) in [6.07, 6.45) is 3.91. The quantitative estimate of drug-likeness (QED) is 0.881. The summed E-state index contributed by atoms with van der Waals surface area (Å²) in [6, 6.07) is 1.38. The van der Waals surface area contributed by atoms with Gasteiger partial charge >= 0.3 is 6.03 Å². The fourth-order valence-electron chi connectivity index (χ4n) is 2.80. The van der Waals surface area contributed by atoms with Gasteiger partial charge < -0.3 is 9.84 Å². The van der Waals surface area contributed by atoms with Crippen LogP contribution in [0.1, 0.15) is 59.1 Å². The van der Waals surface area contributed by atoms with Crippen molar-refractivity contribution in [1.82, 2.24) is 10.5 Å². The molecule has 0 aromatic carbocycles. The highest BCUT2D eigenvalue weighted by atomic mass is 32.2. The molecule has 1 saturated carbocycles. The number of nitrogens with one attached hydrogen (secondary N) is 2. The molecule has 1 heterocycles. The van der Waals surface area contributed by atoms with Crippen LogP contribution in [0.4, 0.5) is 10.6 Å². The lowest BCUT2D eigenvalue weighted by atomic mass is 9.93. The second kappa shape index (κ2) is 7.47. The van der Waals surface area contributed by atoms with Crippen molar-refractivity contribution in [3.05, 3.63) is 11.8 Å². The molecule has 2 amide bonds. The molecule has 0 radical (unpaired) electrons. The van der Waals surface area contributed by atoms with Crippen molar-refractivity contribution in [3.8, 4) is 0 Å². The minimum atomic E-state index is -0.891. The van der Waals surface area contributed by atoms with Crippen molar-refractivity contribution in [3.63, 3.8) is 0 Å². The van der Waals surface area contributed by atoms with E-state index in [0.29, 0.717) is 11.6 Å². The van der Waals surface area contributed by atoms with E-state index in [0.717, 1.165) is 31.4 Å². The number of carbonyl (C=O) groups is 1. The number of urea groups is 1. The molecule has 0 saturated heterocycles. The Morgan fingerprint density at radius 3 is 2.70 bits per heavy atom. The zero-order valence-electron chi connectivity index (χ0n) is 14.3. The first-order valence-corrected chi connectivity index (χ1v) is 9.61. The van der Waals surface area contributed by atoms with Gasteiger partial charge in [0.05, 0.1) is 5.25 Å². The highest BCUT2D eigenvalue weighted by Gasteiger charge is 2.30. The smallest absolute Gasteiger partial charge is 0.320 e. The molecule has 0 unspecified atom stereocenters. The third kappa shape index (κ3) is 4.80. The van der Waals surface area contributed by atoms with Gasteiger partial charge in [0.15, 0.2) is 5.82 Å². The van der Waals surface area contributed by atoms with Gasteiger partial charge in [0, 0.05) is 34.1 Å². The average Bonchev–Trinajstić information content (AvgIpc) is 2.95. The van der Waals surface area contributed by atoms with Gasteiger partial charge in [-0.3, -0.25) is 9.53 Å². The molecule has 3 atom stereocenters. The van der Waals surface area contributed by atoms with Crippen LogP contribution in [0.2, 0.25) is 0 Å². The summed E-state index contributed by atoms with van der Waals surface area (Å²) >= 11 is 0. The van der Waals surface area contributed by atoms with E-state index in [1.165, 1.54) is 0 Å². The molecule has 7 heteroatoms. The zero-order chi connectivity index (χ0) is 17.0. The van der Waals surface area contributed by atoms with Crippen LogP contribution in [0.25, 0.3) is 0 Å². The van der Waals surface area contributed by atoms with Crippen molar-refractivity contribution in [1.29, 1.82) is 0 Å². The second-order valence-electron chi connectivity index (χ2n) is 7.02. The Kier molecular flexibility index (Phi) is 5.84. The van der Waals surface area contributed by atoms with Gasteiger partial charge in [-0.1, -0.05) is 45.7 Å². The summed E-state index contributed by atoms with van der Waals surface area (Å²) < 4.78 is 17.4. The SMILES string of the molecule is CC[S@](=O)[C@@H]1CCCC[C@H]1NC(=O)Nc1cc(C(C)(C)C)on1. The number of hydrogen-bond acceptors (Lipinski definition) is 4. The first kappa shape index (κ1) is 18.0. The second-order valence-corrected chi connectivity index (χ2v) is 8.97. The third-order valence-corrected chi connectivity index (χ3v) is 5.94. The number of rotatable bonds is 4. The molecule has 0 spiro atoms. The maximum Gasteiger partial charge on any atom is 0.320 e. The normalized spacial score (nSPS) is 23.3. The summed E-state index contributed by atoms with van der Waals surface area (Å²) in [7, 11) is -0.891. The molecule has 1 fully saturated rings. The molecular formula is C16H27N3O3S. The minimum Gasteiger partial charge on any atom is -0.359 e. The molecule has 6 nitrogen and oxygen atoms in total. The van der Waals surface area contributed by atoms with Crippen LogP contribution in [0, 0.1) is 0 Å². The van der Waals surface area contributed by atoms with Gasteiger partial charge in [0.1, 0.15) is 5.76 Å². The average molecular weight is 341 g/mol. The lowest BCUT2D eigenvalue weighted by molar-refractivity contribution is 0.244. The predicted octanol–water partition coefficient (Wildman–Crippen LogP) is 3.17. The Bertz CT molecular complexity index is 565. The summed E-state index contributed by atoms with van der Waals surface area (Å²) in [5.74, 6) is 1.75. The molecule has 1 aromatic heterocycles. The highest BCUT2D eigenvalue weighted by Crippen LogP contribution is 2.25. The maximum absolute atomic E-state index is 12.2. The summed E-state index contributed by atoms with van der Waals surface area (Å²) in [5.41, 5.74) is -0.157. The van der Waals surface area contributed by atoms with Crippen molar-refractivity contribution in [2.24, 2.45) is 0 Å². The van der Waals surface area contributed by atoms with E-state index in [2.05, 4.69) is 15.8 Å². The minimum absolute atomic E-state index is 0.0430.